The number of hydrogen-bond acceptors (Lipinski definition) is 5. The summed E-state index contributed by atoms with van der Waals surface area (Å²) in [5.41, 5.74) is 1.39. The van der Waals surface area contributed by atoms with Crippen LogP contribution in [0.4, 0.5) is 5.13 Å². The molecule has 3 rings (SSSR count). The second-order valence-electron chi connectivity index (χ2n) is 4.77. The molecule has 3 aromatic rings. The Bertz CT molecular complexity index is 909. The molecule has 0 saturated heterocycles. The number of halogens is 1. The van der Waals surface area contributed by atoms with Crippen LogP contribution in [0.15, 0.2) is 42.5 Å². The van der Waals surface area contributed by atoms with Crippen LogP contribution >= 0.6 is 46.1 Å². The summed E-state index contributed by atoms with van der Waals surface area (Å²) in [6, 6.07) is 12.9. The standard InChI is InChI=1S/C16H12IN3O2S2/c1-22-11-6-7-12-13(8-11)24-16(18-12)20-15(23)19-14(21)9-2-4-10(17)5-3-9/h2-8H,1H3,(H2,18,19,20,21,23). The number of thiocarbonyl (C=S) groups is 1. The molecular formula is C16H12IN3O2S2. The molecule has 0 saturated carbocycles. The molecule has 0 aliphatic rings. The molecule has 2 aromatic carbocycles. The minimum atomic E-state index is -0.258. The Morgan fingerprint density at radius 3 is 2.71 bits per heavy atom. The molecule has 2 N–H and O–H groups in total. The van der Waals surface area contributed by atoms with E-state index in [9.17, 15) is 4.79 Å². The summed E-state index contributed by atoms with van der Waals surface area (Å²) in [6.45, 7) is 0. The summed E-state index contributed by atoms with van der Waals surface area (Å²) in [6.07, 6.45) is 0. The number of methoxy groups -OCH3 is 1. The van der Waals surface area contributed by atoms with Gasteiger partial charge in [-0.2, -0.15) is 0 Å². The average molecular weight is 469 g/mol. The predicted molar refractivity (Wildman–Crippen MR) is 109 cm³/mol. The average Bonchev–Trinajstić information content (AvgIpc) is 2.96. The number of amides is 1. The Balaban J connectivity index is 1.68. The van der Waals surface area contributed by atoms with Crippen LogP contribution in [0.2, 0.25) is 0 Å². The Hall–Kier alpha value is -1.78. The first-order valence-electron chi connectivity index (χ1n) is 6.87. The SMILES string of the molecule is COc1ccc2nc(NC(=S)NC(=O)c3ccc(I)cc3)sc2c1. The number of carbonyl (C=O) groups is 1. The highest BCUT2D eigenvalue weighted by Gasteiger charge is 2.10. The Labute approximate surface area is 161 Å². The molecule has 5 nitrogen and oxygen atoms in total. The van der Waals surface area contributed by atoms with Crippen LogP contribution < -0.4 is 15.4 Å². The van der Waals surface area contributed by atoms with Gasteiger partial charge in [-0.05, 0) is 77.3 Å². The van der Waals surface area contributed by atoms with E-state index in [1.54, 1.807) is 19.2 Å². The minimum Gasteiger partial charge on any atom is -0.497 e. The molecule has 0 aliphatic heterocycles. The third-order valence-electron chi connectivity index (χ3n) is 3.15. The van der Waals surface area contributed by atoms with Gasteiger partial charge in [0.05, 0.1) is 17.3 Å². The maximum Gasteiger partial charge on any atom is 0.257 e. The largest absolute Gasteiger partial charge is 0.497 e. The highest BCUT2D eigenvalue weighted by molar-refractivity contribution is 14.1. The van der Waals surface area contributed by atoms with Crippen molar-refractivity contribution < 1.29 is 9.53 Å². The van der Waals surface area contributed by atoms with Crippen LogP contribution in [-0.2, 0) is 0 Å². The van der Waals surface area contributed by atoms with Crippen molar-refractivity contribution in [1.29, 1.82) is 0 Å². The zero-order valence-corrected chi connectivity index (χ0v) is 16.3. The van der Waals surface area contributed by atoms with E-state index in [0.29, 0.717) is 10.7 Å². The van der Waals surface area contributed by atoms with Gasteiger partial charge in [0.25, 0.3) is 5.91 Å². The minimum absolute atomic E-state index is 0.213. The van der Waals surface area contributed by atoms with Gasteiger partial charge in [-0.1, -0.05) is 11.3 Å². The number of rotatable bonds is 3. The van der Waals surface area contributed by atoms with E-state index < -0.39 is 0 Å². The van der Waals surface area contributed by atoms with Crippen molar-refractivity contribution in [3.05, 3.63) is 51.6 Å². The molecule has 0 radical (unpaired) electrons. The second kappa shape index (κ2) is 7.41. The summed E-state index contributed by atoms with van der Waals surface area (Å²) in [5.74, 6) is 0.513. The number of thiazole rings is 1. The zero-order chi connectivity index (χ0) is 17.1. The van der Waals surface area contributed by atoms with Crippen molar-refractivity contribution in [2.45, 2.75) is 0 Å². The lowest BCUT2D eigenvalue weighted by atomic mass is 10.2. The maximum atomic E-state index is 12.1. The molecule has 0 bridgehead atoms. The molecule has 0 fully saturated rings. The number of anilines is 1. The molecule has 8 heteroatoms. The molecule has 24 heavy (non-hydrogen) atoms. The van der Waals surface area contributed by atoms with Crippen molar-refractivity contribution in [2.75, 3.05) is 12.4 Å². The zero-order valence-electron chi connectivity index (χ0n) is 12.5. The topological polar surface area (TPSA) is 63.2 Å². The number of ether oxygens (including phenoxy) is 1. The number of aromatic nitrogens is 1. The number of carbonyl (C=O) groups excluding carboxylic acids is 1. The van der Waals surface area contributed by atoms with E-state index >= 15 is 0 Å². The Morgan fingerprint density at radius 2 is 2.00 bits per heavy atom. The lowest BCUT2D eigenvalue weighted by molar-refractivity contribution is 0.0977. The third kappa shape index (κ3) is 4.00. The van der Waals surface area contributed by atoms with Crippen molar-refractivity contribution in [3.8, 4) is 5.75 Å². The van der Waals surface area contributed by atoms with Gasteiger partial charge in [0.15, 0.2) is 10.2 Å². The summed E-state index contributed by atoms with van der Waals surface area (Å²) in [5, 5.41) is 6.43. The fraction of sp³-hybridized carbons (Fsp3) is 0.0625. The summed E-state index contributed by atoms with van der Waals surface area (Å²) in [7, 11) is 1.62. The van der Waals surface area contributed by atoms with Crippen molar-refractivity contribution in [3.63, 3.8) is 0 Å². The van der Waals surface area contributed by atoms with E-state index in [1.807, 2.05) is 30.3 Å². The Kier molecular flexibility index (Phi) is 5.27. The van der Waals surface area contributed by atoms with E-state index in [2.05, 4.69) is 38.2 Å². The highest BCUT2D eigenvalue weighted by atomic mass is 127. The smallest absolute Gasteiger partial charge is 0.257 e. The van der Waals surface area contributed by atoms with Crippen LogP contribution in [0.1, 0.15) is 10.4 Å². The summed E-state index contributed by atoms with van der Waals surface area (Å²) in [4.78, 5) is 16.6. The molecule has 1 amide bonds. The molecule has 0 atom stereocenters. The number of nitrogens with zero attached hydrogens (tertiary/aromatic N) is 1. The van der Waals surface area contributed by atoms with Crippen LogP contribution in [0.25, 0.3) is 10.2 Å². The van der Waals surface area contributed by atoms with Gasteiger partial charge in [0, 0.05) is 9.13 Å². The molecule has 0 spiro atoms. The van der Waals surface area contributed by atoms with Gasteiger partial charge in [-0.15, -0.1) is 0 Å². The van der Waals surface area contributed by atoms with E-state index in [0.717, 1.165) is 19.5 Å². The first-order chi connectivity index (χ1) is 11.5. The van der Waals surface area contributed by atoms with Gasteiger partial charge in [0.2, 0.25) is 0 Å². The van der Waals surface area contributed by atoms with Gasteiger partial charge >= 0.3 is 0 Å². The molecule has 0 aliphatic carbocycles. The summed E-state index contributed by atoms with van der Waals surface area (Å²) >= 11 is 8.81. The highest BCUT2D eigenvalue weighted by Crippen LogP contribution is 2.29. The fourth-order valence-electron chi connectivity index (χ4n) is 1.99. The number of fused-ring (bicyclic) bond motifs is 1. The van der Waals surface area contributed by atoms with E-state index in [4.69, 9.17) is 17.0 Å². The van der Waals surface area contributed by atoms with Crippen molar-refractivity contribution >= 4 is 72.5 Å². The normalized spacial score (nSPS) is 10.4. The van der Waals surface area contributed by atoms with Crippen LogP contribution in [0.3, 0.4) is 0 Å². The predicted octanol–water partition coefficient (Wildman–Crippen LogP) is 4.04. The maximum absolute atomic E-state index is 12.1. The second-order valence-corrected chi connectivity index (χ2v) is 7.45. The first kappa shape index (κ1) is 17.1. The van der Waals surface area contributed by atoms with Crippen LogP contribution in [0.5, 0.6) is 5.75 Å². The number of hydrogen-bond donors (Lipinski definition) is 2. The molecule has 1 heterocycles. The van der Waals surface area contributed by atoms with E-state index in [1.165, 1.54) is 11.3 Å². The Morgan fingerprint density at radius 1 is 1.25 bits per heavy atom. The first-order valence-corrected chi connectivity index (χ1v) is 9.18. The number of benzene rings is 2. The van der Waals surface area contributed by atoms with Gasteiger partial charge < -0.3 is 10.1 Å². The molecular weight excluding hydrogens is 457 g/mol. The lowest BCUT2D eigenvalue weighted by Crippen LogP contribution is -2.34. The molecule has 0 unspecified atom stereocenters. The van der Waals surface area contributed by atoms with Gasteiger partial charge in [0.1, 0.15) is 5.75 Å². The van der Waals surface area contributed by atoms with Crippen LogP contribution in [0, 0.1) is 3.57 Å². The van der Waals surface area contributed by atoms with Crippen LogP contribution in [-0.4, -0.2) is 23.1 Å². The number of nitrogens with one attached hydrogen (secondary N) is 2. The molecule has 122 valence electrons. The van der Waals surface area contributed by atoms with Gasteiger partial charge in [-0.3, -0.25) is 10.1 Å². The van der Waals surface area contributed by atoms with E-state index in [-0.39, 0.29) is 11.0 Å². The monoisotopic (exact) mass is 469 g/mol. The lowest BCUT2D eigenvalue weighted by Gasteiger charge is -2.07. The molecule has 1 aromatic heterocycles. The van der Waals surface area contributed by atoms with Gasteiger partial charge in [-0.25, -0.2) is 4.98 Å². The van der Waals surface area contributed by atoms with Crippen molar-refractivity contribution in [1.82, 2.24) is 10.3 Å². The quantitative estimate of drug-likeness (QED) is 0.448. The summed E-state index contributed by atoms with van der Waals surface area (Å²) < 4.78 is 7.24. The third-order valence-corrected chi connectivity index (χ3v) is 5.01. The fourth-order valence-corrected chi connectivity index (χ4v) is 3.50. The van der Waals surface area contributed by atoms with Crippen molar-refractivity contribution in [2.24, 2.45) is 0 Å².